The third-order valence-corrected chi connectivity index (χ3v) is 5.19. The molecule has 0 N–H and O–H groups in total. The maximum atomic E-state index is 12.9. The van der Waals surface area contributed by atoms with Gasteiger partial charge in [0, 0.05) is 37.9 Å². The quantitative estimate of drug-likeness (QED) is 0.608. The van der Waals surface area contributed by atoms with E-state index in [1.165, 1.54) is 0 Å². The second kappa shape index (κ2) is 9.42. The molecule has 0 radical (unpaired) electrons. The lowest BCUT2D eigenvalue weighted by Gasteiger charge is -2.35. The molecule has 8 heteroatoms. The Hall–Kier alpha value is -3.68. The SMILES string of the molecule is CCOc1ncccc1C(=O)N1CCN(c2ccc(-c3cccc(OC)c3)nn2)CC1. The van der Waals surface area contributed by atoms with Crippen molar-refractivity contribution in [1.82, 2.24) is 20.1 Å². The average Bonchev–Trinajstić information content (AvgIpc) is 2.84. The summed E-state index contributed by atoms with van der Waals surface area (Å²) >= 11 is 0. The highest BCUT2D eigenvalue weighted by atomic mass is 16.5. The Morgan fingerprint density at radius 2 is 1.87 bits per heavy atom. The van der Waals surface area contributed by atoms with Crippen LogP contribution in [0, 0.1) is 0 Å². The fourth-order valence-electron chi connectivity index (χ4n) is 3.54. The summed E-state index contributed by atoms with van der Waals surface area (Å²) in [5.41, 5.74) is 2.24. The maximum absolute atomic E-state index is 12.9. The fraction of sp³-hybridized carbons (Fsp3) is 0.304. The van der Waals surface area contributed by atoms with Crippen molar-refractivity contribution in [2.75, 3.05) is 44.8 Å². The second-order valence-electron chi connectivity index (χ2n) is 7.08. The van der Waals surface area contributed by atoms with Gasteiger partial charge in [0.05, 0.1) is 19.4 Å². The molecule has 31 heavy (non-hydrogen) atoms. The molecule has 1 aliphatic rings. The Kier molecular flexibility index (Phi) is 6.26. The number of benzene rings is 1. The van der Waals surface area contributed by atoms with E-state index >= 15 is 0 Å². The van der Waals surface area contributed by atoms with Crippen LogP contribution in [0.3, 0.4) is 0 Å². The highest BCUT2D eigenvalue weighted by Crippen LogP contribution is 2.24. The number of carbonyl (C=O) groups excluding carboxylic acids is 1. The van der Waals surface area contributed by atoms with Gasteiger partial charge >= 0.3 is 0 Å². The summed E-state index contributed by atoms with van der Waals surface area (Å²) in [6, 6.07) is 15.2. The molecular weight excluding hydrogens is 394 g/mol. The summed E-state index contributed by atoms with van der Waals surface area (Å²) in [5.74, 6) is 1.91. The Morgan fingerprint density at radius 3 is 2.58 bits per heavy atom. The van der Waals surface area contributed by atoms with E-state index in [4.69, 9.17) is 9.47 Å². The van der Waals surface area contributed by atoms with Crippen LogP contribution in [0.1, 0.15) is 17.3 Å². The highest BCUT2D eigenvalue weighted by molar-refractivity contribution is 5.96. The highest BCUT2D eigenvalue weighted by Gasteiger charge is 2.25. The van der Waals surface area contributed by atoms with Gasteiger partial charge in [0.1, 0.15) is 11.3 Å². The minimum atomic E-state index is -0.0596. The first kappa shape index (κ1) is 20.6. The summed E-state index contributed by atoms with van der Waals surface area (Å²) in [6.07, 6.45) is 1.63. The lowest BCUT2D eigenvalue weighted by atomic mass is 10.1. The van der Waals surface area contributed by atoms with Crippen molar-refractivity contribution in [3.8, 4) is 22.9 Å². The van der Waals surface area contributed by atoms with Crippen molar-refractivity contribution in [3.63, 3.8) is 0 Å². The van der Waals surface area contributed by atoms with Crippen molar-refractivity contribution in [1.29, 1.82) is 0 Å². The van der Waals surface area contributed by atoms with E-state index in [2.05, 4.69) is 20.1 Å². The Bertz CT molecular complexity index is 1030. The number of aromatic nitrogens is 3. The van der Waals surface area contributed by atoms with Gasteiger partial charge in [0.15, 0.2) is 5.82 Å². The van der Waals surface area contributed by atoms with Crippen LogP contribution in [-0.2, 0) is 0 Å². The maximum Gasteiger partial charge on any atom is 0.259 e. The summed E-state index contributed by atoms with van der Waals surface area (Å²) in [5, 5.41) is 8.78. The van der Waals surface area contributed by atoms with Crippen LogP contribution in [-0.4, -0.2) is 65.9 Å². The zero-order valence-corrected chi connectivity index (χ0v) is 17.7. The number of pyridine rings is 1. The molecule has 1 aromatic carbocycles. The van der Waals surface area contributed by atoms with Gasteiger partial charge in [0.2, 0.25) is 5.88 Å². The molecule has 0 bridgehead atoms. The molecule has 0 unspecified atom stereocenters. The Labute approximate surface area is 181 Å². The Balaban J connectivity index is 1.40. The third kappa shape index (κ3) is 4.58. The number of anilines is 1. The van der Waals surface area contributed by atoms with Crippen LogP contribution in [0.25, 0.3) is 11.3 Å². The summed E-state index contributed by atoms with van der Waals surface area (Å²) in [6.45, 7) is 4.90. The van der Waals surface area contributed by atoms with Crippen LogP contribution < -0.4 is 14.4 Å². The molecule has 1 fully saturated rings. The molecule has 2 aromatic heterocycles. The molecule has 0 atom stereocenters. The third-order valence-electron chi connectivity index (χ3n) is 5.19. The van der Waals surface area contributed by atoms with Crippen molar-refractivity contribution in [2.24, 2.45) is 0 Å². The Morgan fingerprint density at radius 1 is 1.03 bits per heavy atom. The van der Waals surface area contributed by atoms with Crippen LogP contribution in [0.5, 0.6) is 11.6 Å². The summed E-state index contributed by atoms with van der Waals surface area (Å²) in [4.78, 5) is 21.1. The van der Waals surface area contributed by atoms with Gasteiger partial charge in [-0.1, -0.05) is 12.1 Å². The monoisotopic (exact) mass is 419 g/mol. The van der Waals surface area contributed by atoms with E-state index in [-0.39, 0.29) is 5.91 Å². The lowest BCUT2D eigenvalue weighted by molar-refractivity contribution is 0.0741. The van der Waals surface area contributed by atoms with Gasteiger partial charge in [-0.05, 0) is 43.3 Å². The topological polar surface area (TPSA) is 80.7 Å². The number of hydrogen-bond acceptors (Lipinski definition) is 7. The van der Waals surface area contributed by atoms with Crippen LogP contribution in [0.15, 0.2) is 54.7 Å². The normalized spacial score (nSPS) is 13.7. The molecule has 160 valence electrons. The fourth-order valence-corrected chi connectivity index (χ4v) is 3.54. The van der Waals surface area contributed by atoms with E-state index in [9.17, 15) is 4.79 Å². The number of nitrogens with zero attached hydrogens (tertiary/aromatic N) is 5. The smallest absolute Gasteiger partial charge is 0.259 e. The van der Waals surface area contributed by atoms with Crippen molar-refractivity contribution < 1.29 is 14.3 Å². The minimum absolute atomic E-state index is 0.0596. The zero-order chi connectivity index (χ0) is 21.6. The van der Waals surface area contributed by atoms with Crippen molar-refractivity contribution >= 4 is 11.7 Å². The molecule has 0 saturated carbocycles. The van der Waals surface area contributed by atoms with Gasteiger partial charge in [-0.3, -0.25) is 4.79 Å². The second-order valence-corrected chi connectivity index (χ2v) is 7.08. The number of amides is 1. The first-order valence-electron chi connectivity index (χ1n) is 10.3. The number of piperazine rings is 1. The predicted molar refractivity (Wildman–Crippen MR) is 118 cm³/mol. The van der Waals surface area contributed by atoms with E-state index in [0.717, 1.165) is 22.8 Å². The molecular formula is C23H25N5O3. The summed E-state index contributed by atoms with van der Waals surface area (Å²) in [7, 11) is 1.64. The molecule has 3 aromatic rings. The zero-order valence-electron chi connectivity index (χ0n) is 17.7. The van der Waals surface area contributed by atoms with Crippen molar-refractivity contribution in [3.05, 3.63) is 60.3 Å². The number of carbonyl (C=O) groups is 1. The van der Waals surface area contributed by atoms with Gasteiger partial charge in [-0.15, -0.1) is 10.2 Å². The molecule has 0 spiro atoms. The van der Waals surface area contributed by atoms with E-state index in [0.29, 0.717) is 44.2 Å². The van der Waals surface area contributed by atoms with Crippen LogP contribution in [0.2, 0.25) is 0 Å². The van der Waals surface area contributed by atoms with Gasteiger partial charge in [-0.2, -0.15) is 0 Å². The minimum Gasteiger partial charge on any atom is -0.497 e. The van der Waals surface area contributed by atoms with Gasteiger partial charge in [-0.25, -0.2) is 4.98 Å². The van der Waals surface area contributed by atoms with Crippen LogP contribution >= 0.6 is 0 Å². The van der Waals surface area contributed by atoms with Crippen molar-refractivity contribution in [2.45, 2.75) is 6.92 Å². The summed E-state index contributed by atoms with van der Waals surface area (Å²) < 4.78 is 10.8. The molecule has 1 aliphatic heterocycles. The molecule has 1 amide bonds. The predicted octanol–water partition coefficient (Wildman–Crippen LogP) is 2.91. The van der Waals surface area contributed by atoms with Gasteiger partial charge in [0.25, 0.3) is 5.91 Å². The first-order valence-corrected chi connectivity index (χ1v) is 10.3. The average molecular weight is 419 g/mol. The number of rotatable bonds is 6. The molecule has 8 nitrogen and oxygen atoms in total. The standard InChI is InChI=1S/C23H25N5O3/c1-3-31-22-19(8-5-11-24-22)23(29)28-14-12-27(13-15-28)21-10-9-20(25-26-21)17-6-4-7-18(16-17)30-2/h4-11,16H,3,12-15H2,1-2H3. The van der Waals surface area contributed by atoms with E-state index < -0.39 is 0 Å². The largest absolute Gasteiger partial charge is 0.497 e. The number of ether oxygens (including phenoxy) is 2. The molecule has 0 aliphatic carbocycles. The molecule has 1 saturated heterocycles. The number of hydrogen-bond donors (Lipinski definition) is 0. The van der Waals surface area contributed by atoms with E-state index in [1.54, 1.807) is 25.4 Å². The number of methoxy groups -OCH3 is 1. The first-order chi connectivity index (χ1) is 15.2. The lowest BCUT2D eigenvalue weighted by Crippen LogP contribution is -2.49. The molecule has 4 rings (SSSR count). The van der Waals surface area contributed by atoms with Crippen LogP contribution in [0.4, 0.5) is 5.82 Å². The molecule has 3 heterocycles. The van der Waals surface area contributed by atoms with Gasteiger partial charge < -0.3 is 19.3 Å². The van der Waals surface area contributed by atoms with E-state index in [1.807, 2.05) is 48.2 Å².